The normalized spacial score (nSPS) is 19.2. The molecule has 5 nitrogen and oxygen atoms in total. The Labute approximate surface area is 116 Å². The van der Waals surface area contributed by atoms with E-state index in [2.05, 4.69) is 4.98 Å². The second-order valence-electron chi connectivity index (χ2n) is 4.49. The zero-order chi connectivity index (χ0) is 13.8. The third-order valence-electron chi connectivity index (χ3n) is 3.11. The van der Waals surface area contributed by atoms with Crippen LogP contribution in [0.1, 0.15) is 22.5 Å². The molecule has 1 amide bonds. The number of nitrogens with zero attached hydrogens (tertiary/aromatic N) is 2. The second kappa shape index (κ2) is 6.06. The van der Waals surface area contributed by atoms with Crippen molar-refractivity contribution in [1.82, 2.24) is 9.88 Å². The van der Waals surface area contributed by atoms with Gasteiger partial charge >= 0.3 is 5.97 Å². The molecule has 19 heavy (non-hydrogen) atoms. The molecule has 0 radical (unpaired) electrons. The monoisotopic (exact) mass is 280 g/mol. The molecular weight excluding hydrogens is 264 g/mol. The number of aromatic nitrogens is 1. The van der Waals surface area contributed by atoms with Crippen LogP contribution in [-0.4, -0.2) is 51.0 Å². The van der Waals surface area contributed by atoms with Gasteiger partial charge in [-0.3, -0.25) is 14.6 Å². The van der Waals surface area contributed by atoms with E-state index in [-0.39, 0.29) is 18.4 Å². The first-order valence-corrected chi connectivity index (χ1v) is 7.27. The SMILES string of the molecule is Cc1cccnc1C(=O)N1CCSCC1CC(=O)O. The van der Waals surface area contributed by atoms with Gasteiger partial charge in [0.1, 0.15) is 5.69 Å². The molecule has 0 saturated carbocycles. The summed E-state index contributed by atoms with van der Waals surface area (Å²) in [6.45, 7) is 2.42. The first-order valence-electron chi connectivity index (χ1n) is 6.11. The van der Waals surface area contributed by atoms with Gasteiger partial charge < -0.3 is 10.0 Å². The highest BCUT2D eigenvalue weighted by atomic mass is 32.2. The highest BCUT2D eigenvalue weighted by Gasteiger charge is 2.30. The third kappa shape index (κ3) is 3.26. The van der Waals surface area contributed by atoms with Crippen molar-refractivity contribution in [1.29, 1.82) is 0 Å². The summed E-state index contributed by atoms with van der Waals surface area (Å²) in [5.41, 5.74) is 1.24. The lowest BCUT2D eigenvalue weighted by molar-refractivity contribution is -0.138. The number of aryl methyl sites for hydroxylation is 1. The van der Waals surface area contributed by atoms with Gasteiger partial charge in [0, 0.05) is 24.2 Å². The van der Waals surface area contributed by atoms with Gasteiger partial charge in [0.05, 0.1) is 12.5 Å². The number of thioether (sulfide) groups is 1. The number of carboxylic acid groups (broad SMARTS) is 1. The molecule has 1 saturated heterocycles. The van der Waals surface area contributed by atoms with Crippen LogP contribution in [0.4, 0.5) is 0 Å². The summed E-state index contributed by atoms with van der Waals surface area (Å²) in [5.74, 6) is 0.477. The van der Waals surface area contributed by atoms with Crippen molar-refractivity contribution in [3.05, 3.63) is 29.6 Å². The Morgan fingerprint density at radius 1 is 1.58 bits per heavy atom. The van der Waals surface area contributed by atoms with E-state index in [4.69, 9.17) is 5.11 Å². The summed E-state index contributed by atoms with van der Waals surface area (Å²) in [6, 6.07) is 3.38. The maximum Gasteiger partial charge on any atom is 0.305 e. The number of hydrogen-bond donors (Lipinski definition) is 1. The molecule has 1 N–H and O–H groups in total. The van der Waals surface area contributed by atoms with Crippen molar-refractivity contribution in [2.75, 3.05) is 18.1 Å². The molecule has 1 atom stereocenters. The Hall–Kier alpha value is -1.56. The van der Waals surface area contributed by atoms with Crippen LogP contribution < -0.4 is 0 Å². The van der Waals surface area contributed by atoms with Crippen LogP contribution in [0.3, 0.4) is 0 Å². The average Bonchev–Trinajstić information content (AvgIpc) is 2.38. The molecule has 1 aliphatic heterocycles. The van der Waals surface area contributed by atoms with E-state index < -0.39 is 5.97 Å². The van der Waals surface area contributed by atoms with Gasteiger partial charge in [-0.25, -0.2) is 0 Å². The Morgan fingerprint density at radius 2 is 2.37 bits per heavy atom. The fourth-order valence-electron chi connectivity index (χ4n) is 2.14. The molecule has 0 aromatic carbocycles. The number of aliphatic carboxylic acids is 1. The number of pyridine rings is 1. The van der Waals surface area contributed by atoms with E-state index in [1.54, 1.807) is 28.9 Å². The zero-order valence-electron chi connectivity index (χ0n) is 10.7. The van der Waals surface area contributed by atoms with Crippen molar-refractivity contribution in [3.8, 4) is 0 Å². The van der Waals surface area contributed by atoms with Gasteiger partial charge in [-0.1, -0.05) is 6.07 Å². The minimum absolute atomic E-state index is 0.00930. The van der Waals surface area contributed by atoms with Crippen LogP contribution in [0.2, 0.25) is 0 Å². The molecule has 2 rings (SSSR count). The van der Waals surface area contributed by atoms with E-state index in [0.717, 1.165) is 11.3 Å². The minimum atomic E-state index is -0.872. The van der Waals surface area contributed by atoms with Crippen LogP contribution in [0.25, 0.3) is 0 Å². The summed E-state index contributed by atoms with van der Waals surface area (Å²) in [6.07, 6.45) is 1.58. The Morgan fingerprint density at radius 3 is 3.05 bits per heavy atom. The molecule has 2 heterocycles. The number of rotatable bonds is 3. The predicted molar refractivity (Wildman–Crippen MR) is 73.4 cm³/mol. The molecule has 1 aromatic rings. The predicted octanol–water partition coefficient (Wildman–Crippen LogP) is 1.42. The van der Waals surface area contributed by atoms with Crippen molar-refractivity contribution in [3.63, 3.8) is 0 Å². The van der Waals surface area contributed by atoms with Gasteiger partial charge in [-0.15, -0.1) is 0 Å². The van der Waals surface area contributed by atoms with Crippen LogP contribution in [-0.2, 0) is 4.79 Å². The highest BCUT2D eigenvalue weighted by Crippen LogP contribution is 2.21. The average molecular weight is 280 g/mol. The maximum absolute atomic E-state index is 12.5. The minimum Gasteiger partial charge on any atom is -0.481 e. The van der Waals surface area contributed by atoms with Crippen LogP contribution in [0.15, 0.2) is 18.3 Å². The topological polar surface area (TPSA) is 70.5 Å². The van der Waals surface area contributed by atoms with E-state index in [9.17, 15) is 9.59 Å². The standard InChI is InChI=1S/C13H16N2O3S/c1-9-3-2-4-14-12(9)13(18)15-5-6-19-8-10(15)7-11(16)17/h2-4,10H,5-8H2,1H3,(H,16,17). The fourth-order valence-corrected chi connectivity index (χ4v) is 3.20. The first-order chi connectivity index (χ1) is 9.09. The highest BCUT2D eigenvalue weighted by molar-refractivity contribution is 7.99. The molecule has 0 aliphatic carbocycles. The quantitative estimate of drug-likeness (QED) is 0.906. The summed E-state index contributed by atoms with van der Waals surface area (Å²) in [5, 5.41) is 8.93. The lowest BCUT2D eigenvalue weighted by Gasteiger charge is -2.34. The zero-order valence-corrected chi connectivity index (χ0v) is 11.5. The smallest absolute Gasteiger partial charge is 0.305 e. The Balaban J connectivity index is 2.20. The molecule has 1 fully saturated rings. The van der Waals surface area contributed by atoms with Gasteiger partial charge in [0.2, 0.25) is 0 Å². The summed E-state index contributed by atoms with van der Waals surface area (Å²) in [7, 11) is 0. The molecule has 6 heteroatoms. The Kier molecular flexibility index (Phi) is 4.42. The third-order valence-corrected chi connectivity index (χ3v) is 4.20. The maximum atomic E-state index is 12.5. The lowest BCUT2D eigenvalue weighted by Crippen LogP contribution is -2.47. The summed E-state index contributed by atoms with van der Waals surface area (Å²) >= 11 is 1.69. The van der Waals surface area contributed by atoms with Crippen molar-refractivity contribution in [2.24, 2.45) is 0 Å². The van der Waals surface area contributed by atoms with Crippen molar-refractivity contribution in [2.45, 2.75) is 19.4 Å². The van der Waals surface area contributed by atoms with Crippen molar-refractivity contribution < 1.29 is 14.7 Å². The molecule has 1 unspecified atom stereocenters. The van der Waals surface area contributed by atoms with Crippen LogP contribution in [0.5, 0.6) is 0 Å². The number of carboxylic acids is 1. The number of hydrogen-bond acceptors (Lipinski definition) is 4. The number of carbonyl (C=O) groups excluding carboxylic acids is 1. The van der Waals surface area contributed by atoms with Gasteiger partial charge in [-0.05, 0) is 18.6 Å². The lowest BCUT2D eigenvalue weighted by atomic mass is 10.1. The molecule has 1 aliphatic rings. The summed E-state index contributed by atoms with van der Waals surface area (Å²) in [4.78, 5) is 29.1. The number of carbonyl (C=O) groups is 2. The number of amides is 1. The molecular formula is C13H16N2O3S. The molecule has 1 aromatic heterocycles. The fraction of sp³-hybridized carbons (Fsp3) is 0.462. The van der Waals surface area contributed by atoms with Gasteiger partial charge in [-0.2, -0.15) is 11.8 Å². The van der Waals surface area contributed by atoms with E-state index in [1.165, 1.54) is 0 Å². The molecule has 0 spiro atoms. The van der Waals surface area contributed by atoms with Gasteiger partial charge in [0.25, 0.3) is 5.91 Å². The largest absolute Gasteiger partial charge is 0.481 e. The van der Waals surface area contributed by atoms with E-state index in [0.29, 0.717) is 18.0 Å². The van der Waals surface area contributed by atoms with E-state index >= 15 is 0 Å². The second-order valence-corrected chi connectivity index (χ2v) is 5.64. The van der Waals surface area contributed by atoms with Crippen LogP contribution in [0, 0.1) is 6.92 Å². The summed E-state index contributed by atoms with van der Waals surface area (Å²) < 4.78 is 0. The van der Waals surface area contributed by atoms with Crippen LogP contribution >= 0.6 is 11.8 Å². The molecule has 102 valence electrons. The van der Waals surface area contributed by atoms with Gasteiger partial charge in [0.15, 0.2) is 0 Å². The van der Waals surface area contributed by atoms with Crippen molar-refractivity contribution >= 4 is 23.6 Å². The molecule has 0 bridgehead atoms. The van der Waals surface area contributed by atoms with E-state index in [1.807, 2.05) is 13.0 Å². The Bertz CT molecular complexity index is 493. The first kappa shape index (κ1) is 13.9.